The van der Waals surface area contributed by atoms with Gasteiger partial charge in [0.25, 0.3) is 0 Å². The van der Waals surface area contributed by atoms with Crippen LogP contribution in [-0.4, -0.2) is 28.1 Å². The summed E-state index contributed by atoms with van der Waals surface area (Å²) in [6.07, 6.45) is 2.33. The Balaban J connectivity index is 1.64. The highest BCUT2D eigenvalue weighted by Crippen LogP contribution is 2.26. The van der Waals surface area contributed by atoms with Crippen LogP contribution in [0.25, 0.3) is 11.3 Å². The molecule has 2 amide bonds. The van der Waals surface area contributed by atoms with Gasteiger partial charge in [0, 0.05) is 24.6 Å². The first-order chi connectivity index (χ1) is 14.6. The Morgan fingerprint density at radius 2 is 1.93 bits per heavy atom. The molecular weight excluding hydrogens is 376 g/mol. The number of rotatable bonds is 7. The Bertz CT molecular complexity index is 1040. The minimum Gasteiger partial charge on any atom is -0.355 e. The number of nitrogens with one attached hydrogen (secondary N) is 2. The van der Waals surface area contributed by atoms with E-state index in [1.165, 1.54) is 5.56 Å². The van der Waals surface area contributed by atoms with Crippen molar-refractivity contribution in [2.75, 3.05) is 11.9 Å². The SMILES string of the molecule is CCCc1cccc(-c2cc(NC(=O)[C@H]3CNC(=O)C3)nn2Cc2ccccc2)c1. The zero-order chi connectivity index (χ0) is 20.9. The predicted molar refractivity (Wildman–Crippen MR) is 117 cm³/mol. The molecule has 1 saturated heterocycles. The zero-order valence-electron chi connectivity index (χ0n) is 17.1. The first-order valence-electron chi connectivity index (χ1n) is 10.4. The predicted octanol–water partition coefficient (Wildman–Crippen LogP) is 3.63. The summed E-state index contributed by atoms with van der Waals surface area (Å²) in [4.78, 5) is 24.0. The fourth-order valence-electron chi connectivity index (χ4n) is 3.78. The minimum atomic E-state index is -0.354. The van der Waals surface area contributed by atoms with E-state index in [9.17, 15) is 9.59 Å². The van der Waals surface area contributed by atoms with Gasteiger partial charge < -0.3 is 10.6 Å². The van der Waals surface area contributed by atoms with Crippen molar-refractivity contribution in [1.82, 2.24) is 15.1 Å². The van der Waals surface area contributed by atoms with Gasteiger partial charge in [0.15, 0.2) is 5.82 Å². The van der Waals surface area contributed by atoms with Gasteiger partial charge in [-0.2, -0.15) is 5.10 Å². The molecule has 0 radical (unpaired) electrons. The van der Waals surface area contributed by atoms with Crippen LogP contribution in [0.4, 0.5) is 5.82 Å². The van der Waals surface area contributed by atoms with Crippen molar-refractivity contribution in [1.29, 1.82) is 0 Å². The van der Waals surface area contributed by atoms with Crippen LogP contribution in [0.3, 0.4) is 0 Å². The number of carbonyl (C=O) groups is 2. The highest BCUT2D eigenvalue weighted by atomic mass is 16.2. The van der Waals surface area contributed by atoms with Gasteiger partial charge >= 0.3 is 0 Å². The number of benzene rings is 2. The maximum atomic E-state index is 12.6. The molecule has 0 saturated carbocycles. The summed E-state index contributed by atoms with van der Waals surface area (Å²) in [5.74, 6) is -0.110. The number of amides is 2. The maximum absolute atomic E-state index is 12.6. The van der Waals surface area contributed by atoms with E-state index in [0.717, 1.165) is 29.7 Å². The van der Waals surface area contributed by atoms with E-state index in [1.54, 1.807) is 0 Å². The van der Waals surface area contributed by atoms with Crippen LogP contribution in [0, 0.1) is 5.92 Å². The average Bonchev–Trinajstić information content (AvgIpc) is 3.35. The summed E-state index contributed by atoms with van der Waals surface area (Å²) >= 11 is 0. The van der Waals surface area contributed by atoms with Gasteiger partial charge in [-0.1, -0.05) is 61.9 Å². The second kappa shape index (κ2) is 8.95. The third-order valence-electron chi connectivity index (χ3n) is 5.32. The molecule has 154 valence electrons. The van der Waals surface area contributed by atoms with E-state index in [4.69, 9.17) is 0 Å². The van der Waals surface area contributed by atoms with Crippen molar-refractivity contribution in [3.8, 4) is 11.3 Å². The van der Waals surface area contributed by atoms with Gasteiger partial charge in [-0.3, -0.25) is 14.3 Å². The molecule has 1 aromatic heterocycles. The Morgan fingerprint density at radius 3 is 2.67 bits per heavy atom. The summed E-state index contributed by atoms with van der Waals surface area (Å²) in [5, 5.41) is 10.3. The van der Waals surface area contributed by atoms with Gasteiger partial charge in [0.05, 0.1) is 18.2 Å². The first kappa shape index (κ1) is 19.9. The molecule has 4 rings (SSSR count). The number of carbonyl (C=O) groups excluding carboxylic acids is 2. The third kappa shape index (κ3) is 4.59. The topological polar surface area (TPSA) is 76.0 Å². The highest BCUT2D eigenvalue weighted by molar-refractivity contribution is 5.96. The summed E-state index contributed by atoms with van der Waals surface area (Å²) in [5.41, 5.74) is 4.44. The number of aryl methyl sites for hydroxylation is 1. The van der Waals surface area contributed by atoms with Gasteiger partial charge in [-0.25, -0.2) is 0 Å². The molecule has 30 heavy (non-hydrogen) atoms. The van der Waals surface area contributed by atoms with Crippen LogP contribution in [0.1, 0.15) is 30.9 Å². The van der Waals surface area contributed by atoms with E-state index >= 15 is 0 Å². The van der Waals surface area contributed by atoms with Gasteiger partial charge in [-0.05, 0) is 23.6 Å². The fourth-order valence-corrected chi connectivity index (χ4v) is 3.78. The van der Waals surface area contributed by atoms with Gasteiger partial charge in [0.1, 0.15) is 0 Å². The molecule has 0 bridgehead atoms. The van der Waals surface area contributed by atoms with Crippen LogP contribution in [0.15, 0.2) is 60.7 Å². The largest absolute Gasteiger partial charge is 0.355 e. The van der Waals surface area contributed by atoms with Crippen LogP contribution in [-0.2, 0) is 22.6 Å². The molecule has 2 N–H and O–H groups in total. The third-order valence-corrected chi connectivity index (χ3v) is 5.32. The van der Waals surface area contributed by atoms with Crippen LogP contribution in [0.5, 0.6) is 0 Å². The lowest BCUT2D eigenvalue weighted by Crippen LogP contribution is -2.25. The Hall–Kier alpha value is -3.41. The number of hydrogen-bond donors (Lipinski definition) is 2. The Morgan fingerprint density at radius 1 is 1.13 bits per heavy atom. The smallest absolute Gasteiger partial charge is 0.230 e. The molecule has 6 heteroatoms. The van der Waals surface area contributed by atoms with Crippen molar-refractivity contribution < 1.29 is 9.59 Å². The lowest BCUT2D eigenvalue weighted by Gasteiger charge is -2.09. The lowest BCUT2D eigenvalue weighted by atomic mass is 10.0. The lowest BCUT2D eigenvalue weighted by molar-refractivity contribution is -0.123. The maximum Gasteiger partial charge on any atom is 0.230 e. The van der Waals surface area contributed by atoms with Crippen LogP contribution in [0.2, 0.25) is 0 Å². The second-order valence-electron chi connectivity index (χ2n) is 7.70. The van der Waals surface area contributed by atoms with E-state index < -0.39 is 0 Å². The van der Waals surface area contributed by atoms with Crippen LogP contribution < -0.4 is 10.6 Å². The van der Waals surface area contributed by atoms with Gasteiger partial charge in [0.2, 0.25) is 11.8 Å². The van der Waals surface area contributed by atoms with E-state index in [0.29, 0.717) is 18.9 Å². The standard InChI is InChI=1S/C24H26N4O2/c1-2-7-17-10-6-11-19(12-17)21-14-22(26-24(30)20-13-23(29)25-15-20)27-28(21)16-18-8-4-3-5-9-18/h3-6,8-12,14,20H,2,7,13,15-16H2,1H3,(H,25,29)(H,26,27,30)/t20-/m1/s1. The first-order valence-corrected chi connectivity index (χ1v) is 10.4. The Kier molecular flexibility index (Phi) is 5.93. The normalized spacial score (nSPS) is 15.8. The van der Waals surface area contributed by atoms with Crippen LogP contribution >= 0.6 is 0 Å². The number of anilines is 1. The average molecular weight is 402 g/mol. The van der Waals surface area contributed by atoms with Crippen molar-refractivity contribution in [3.05, 3.63) is 71.8 Å². The molecular formula is C24H26N4O2. The van der Waals surface area contributed by atoms with Crippen molar-refractivity contribution in [3.63, 3.8) is 0 Å². The van der Waals surface area contributed by atoms with Crippen molar-refractivity contribution >= 4 is 17.6 Å². The molecule has 1 atom stereocenters. The molecule has 2 heterocycles. The Labute approximate surface area is 176 Å². The quantitative estimate of drug-likeness (QED) is 0.634. The van der Waals surface area contributed by atoms with E-state index in [2.05, 4.69) is 59.1 Å². The molecule has 0 unspecified atom stereocenters. The molecule has 1 aliphatic rings. The number of aromatic nitrogens is 2. The molecule has 1 fully saturated rings. The van der Waals surface area contributed by atoms with Crippen molar-refractivity contribution in [2.24, 2.45) is 5.92 Å². The van der Waals surface area contributed by atoms with Gasteiger partial charge in [-0.15, -0.1) is 0 Å². The summed E-state index contributed by atoms with van der Waals surface area (Å²) in [6.45, 7) is 3.15. The molecule has 2 aromatic carbocycles. The minimum absolute atomic E-state index is 0.0850. The molecule has 6 nitrogen and oxygen atoms in total. The number of nitrogens with zero attached hydrogens (tertiary/aromatic N) is 2. The molecule has 0 aliphatic carbocycles. The summed E-state index contributed by atoms with van der Waals surface area (Å²) in [6, 6.07) is 20.5. The fraction of sp³-hybridized carbons (Fsp3) is 0.292. The van der Waals surface area contributed by atoms with Crippen molar-refractivity contribution in [2.45, 2.75) is 32.7 Å². The second-order valence-corrected chi connectivity index (χ2v) is 7.70. The highest BCUT2D eigenvalue weighted by Gasteiger charge is 2.28. The molecule has 0 spiro atoms. The summed E-state index contributed by atoms with van der Waals surface area (Å²) < 4.78 is 1.92. The molecule has 3 aromatic rings. The monoisotopic (exact) mass is 402 g/mol. The zero-order valence-corrected chi connectivity index (χ0v) is 17.1. The molecule has 1 aliphatic heterocycles. The van der Waals surface area contributed by atoms with E-state index in [1.807, 2.05) is 28.9 Å². The summed E-state index contributed by atoms with van der Waals surface area (Å²) in [7, 11) is 0. The number of hydrogen-bond acceptors (Lipinski definition) is 3. The van der Waals surface area contributed by atoms with E-state index in [-0.39, 0.29) is 24.2 Å².